The lowest BCUT2D eigenvalue weighted by atomic mass is 10.1. The van der Waals surface area contributed by atoms with Gasteiger partial charge in [0.15, 0.2) is 0 Å². The Bertz CT molecular complexity index is 1230. The maximum Gasteiger partial charge on any atom is 0.317 e. The Morgan fingerprint density at radius 2 is 1.81 bits per heavy atom. The van der Waals surface area contributed by atoms with E-state index in [-0.39, 0.29) is 6.03 Å². The van der Waals surface area contributed by atoms with Crippen LogP contribution in [-0.4, -0.2) is 61.5 Å². The fourth-order valence-corrected chi connectivity index (χ4v) is 3.99. The van der Waals surface area contributed by atoms with Gasteiger partial charge in [-0.25, -0.2) is 9.31 Å². The van der Waals surface area contributed by atoms with Gasteiger partial charge in [0.25, 0.3) is 0 Å². The van der Waals surface area contributed by atoms with Crippen molar-refractivity contribution >= 4 is 17.2 Å². The third kappa shape index (κ3) is 4.01. The predicted molar refractivity (Wildman–Crippen MR) is 122 cm³/mol. The van der Waals surface area contributed by atoms with Crippen molar-refractivity contribution in [2.75, 3.05) is 31.1 Å². The van der Waals surface area contributed by atoms with Crippen molar-refractivity contribution in [2.45, 2.75) is 13.5 Å². The Hall–Kier alpha value is -3.88. The van der Waals surface area contributed by atoms with Crippen molar-refractivity contribution in [3.8, 4) is 11.1 Å². The van der Waals surface area contributed by atoms with Gasteiger partial charge in [0, 0.05) is 62.9 Å². The maximum atomic E-state index is 12.6. The molecule has 5 rings (SSSR count). The summed E-state index contributed by atoms with van der Waals surface area (Å²) in [6.45, 7) is 5.30. The summed E-state index contributed by atoms with van der Waals surface area (Å²) in [5.41, 5.74) is 6.25. The number of rotatable bonds is 4. The lowest BCUT2D eigenvalue weighted by molar-refractivity contribution is 0.194. The number of carbonyl (C=O) groups excluding carboxylic acids is 1. The summed E-state index contributed by atoms with van der Waals surface area (Å²) in [7, 11) is 1.91. The quantitative estimate of drug-likeness (QED) is 0.538. The number of fused-ring (bicyclic) bond motifs is 1. The van der Waals surface area contributed by atoms with E-state index in [4.69, 9.17) is 0 Å². The van der Waals surface area contributed by atoms with Crippen LogP contribution < -0.4 is 10.2 Å². The summed E-state index contributed by atoms with van der Waals surface area (Å²) in [6.07, 6.45) is 9.59. The van der Waals surface area contributed by atoms with Gasteiger partial charge in [-0.05, 0) is 24.6 Å². The first-order valence-electron chi connectivity index (χ1n) is 10.7. The summed E-state index contributed by atoms with van der Waals surface area (Å²) in [6, 6.07) is 8.09. The van der Waals surface area contributed by atoms with Crippen LogP contribution >= 0.6 is 0 Å². The zero-order valence-electron chi connectivity index (χ0n) is 18.3. The molecule has 0 aliphatic carbocycles. The molecule has 1 aliphatic heterocycles. The zero-order chi connectivity index (χ0) is 22.1. The molecule has 164 valence electrons. The van der Waals surface area contributed by atoms with Crippen molar-refractivity contribution < 1.29 is 4.79 Å². The van der Waals surface area contributed by atoms with Crippen LogP contribution in [0.15, 0.2) is 55.2 Å². The molecule has 32 heavy (non-hydrogen) atoms. The van der Waals surface area contributed by atoms with Gasteiger partial charge in [-0.2, -0.15) is 10.2 Å². The number of pyridine rings is 2. The third-order valence-electron chi connectivity index (χ3n) is 5.83. The molecule has 1 N–H and O–H groups in total. The average molecular weight is 431 g/mol. The second-order valence-corrected chi connectivity index (χ2v) is 8.14. The highest BCUT2D eigenvalue weighted by Gasteiger charge is 2.23. The number of amides is 2. The van der Waals surface area contributed by atoms with Gasteiger partial charge >= 0.3 is 6.03 Å². The molecule has 1 aliphatic rings. The van der Waals surface area contributed by atoms with E-state index in [1.54, 1.807) is 4.68 Å². The van der Waals surface area contributed by atoms with Crippen molar-refractivity contribution in [2.24, 2.45) is 7.05 Å². The van der Waals surface area contributed by atoms with Gasteiger partial charge in [0.1, 0.15) is 0 Å². The third-order valence-corrected chi connectivity index (χ3v) is 5.83. The van der Waals surface area contributed by atoms with Gasteiger partial charge in [0.05, 0.1) is 35.8 Å². The molecule has 0 spiro atoms. The molecule has 1 saturated heterocycles. The SMILES string of the molecule is Cc1ccc(CNC(=O)N2CCN(c3cnn4cc(-c5cnn(C)c5)ccc34)CC2)nc1. The number of hydrogen-bond acceptors (Lipinski definition) is 5. The average Bonchev–Trinajstić information content (AvgIpc) is 3.44. The summed E-state index contributed by atoms with van der Waals surface area (Å²) in [5, 5.41) is 11.8. The van der Waals surface area contributed by atoms with Crippen molar-refractivity contribution in [1.29, 1.82) is 0 Å². The topological polar surface area (TPSA) is 83.6 Å². The first-order chi connectivity index (χ1) is 15.6. The largest absolute Gasteiger partial charge is 0.365 e. The smallest absolute Gasteiger partial charge is 0.317 e. The Morgan fingerprint density at radius 3 is 2.53 bits per heavy atom. The van der Waals surface area contributed by atoms with Crippen LogP contribution in [0.1, 0.15) is 11.3 Å². The molecule has 0 unspecified atom stereocenters. The second kappa shape index (κ2) is 8.33. The molecule has 5 heterocycles. The molecule has 1 fully saturated rings. The Labute approximate surface area is 186 Å². The van der Waals surface area contributed by atoms with E-state index >= 15 is 0 Å². The van der Waals surface area contributed by atoms with Crippen LogP contribution in [0.4, 0.5) is 10.5 Å². The van der Waals surface area contributed by atoms with Gasteiger partial charge in [-0.1, -0.05) is 12.1 Å². The standard InChI is InChI=1S/C23H26N8O/c1-17-3-5-20(24-11-17)13-25-23(32)30-9-7-29(8-10-30)22-14-27-31-16-18(4-6-21(22)31)19-12-26-28(2)15-19/h3-6,11-12,14-16H,7-10,13H2,1-2H3,(H,25,32). The maximum absolute atomic E-state index is 12.6. The van der Waals surface area contributed by atoms with Crippen LogP contribution in [-0.2, 0) is 13.6 Å². The highest BCUT2D eigenvalue weighted by atomic mass is 16.2. The van der Waals surface area contributed by atoms with Gasteiger partial charge in [0.2, 0.25) is 0 Å². The molecular formula is C23H26N8O. The molecule has 2 amide bonds. The minimum atomic E-state index is -0.0481. The molecule has 9 nitrogen and oxygen atoms in total. The highest BCUT2D eigenvalue weighted by Crippen LogP contribution is 2.26. The Kier molecular flexibility index (Phi) is 5.22. The van der Waals surface area contributed by atoms with E-state index in [2.05, 4.69) is 37.5 Å². The Balaban J connectivity index is 1.21. The predicted octanol–water partition coefficient (Wildman–Crippen LogP) is 2.47. The molecule has 0 aromatic carbocycles. The number of aromatic nitrogens is 5. The lowest BCUT2D eigenvalue weighted by Gasteiger charge is -2.35. The first kappa shape index (κ1) is 20.0. The van der Waals surface area contributed by atoms with E-state index in [1.807, 2.05) is 66.5 Å². The molecule has 0 radical (unpaired) electrons. The van der Waals surface area contributed by atoms with Crippen molar-refractivity contribution in [3.05, 3.63) is 66.5 Å². The zero-order valence-corrected chi connectivity index (χ0v) is 18.3. The number of hydrogen-bond donors (Lipinski definition) is 1. The summed E-state index contributed by atoms with van der Waals surface area (Å²) >= 11 is 0. The van der Waals surface area contributed by atoms with E-state index in [9.17, 15) is 4.79 Å². The molecule has 0 bridgehead atoms. The normalized spacial score (nSPS) is 14.2. The monoisotopic (exact) mass is 430 g/mol. The molecule has 9 heteroatoms. The summed E-state index contributed by atoms with van der Waals surface area (Å²) < 4.78 is 3.70. The second-order valence-electron chi connectivity index (χ2n) is 8.14. The van der Waals surface area contributed by atoms with Crippen LogP contribution in [0.2, 0.25) is 0 Å². The number of anilines is 1. The number of urea groups is 1. The summed E-state index contributed by atoms with van der Waals surface area (Å²) in [5.74, 6) is 0. The van der Waals surface area contributed by atoms with Crippen molar-refractivity contribution in [3.63, 3.8) is 0 Å². The van der Waals surface area contributed by atoms with E-state index in [1.165, 1.54) is 0 Å². The van der Waals surface area contributed by atoms with Crippen LogP contribution in [0.3, 0.4) is 0 Å². The first-order valence-corrected chi connectivity index (χ1v) is 10.7. The van der Waals surface area contributed by atoms with E-state index in [0.717, 1.165) is 46.7 Å². The molecular weight excluding hydrogens is 404 g/mol. The van der Waals surface area contributed by atoms with E-state index in [0.29, 0.717) is 19.6 Å². The molecule has 0 atom stereocenters. The fourth-order valence-electron chi connectivity index (χ4n) is 3.99. The number of aryl methyl sites for hydroxylation is 2. The number of nitrogens with one attached hydrogen (secondary N) is 1. The Morgan fingerprint density at radius 1 is 0.969 bits per heavy atom. The minimum Gasteiger partial charge on any atom is -0.365 e. The van der Waals surface area contributed by atoms with Gasteiger partial charge in [-0.3, -0.25) is 9.67 Å². The molecule has 4 aromatic heterocycles. The summed E-state index contributed by atoms with van der Waals surface area (Å²) in [4.78, 5) is 21.1. The van der Waals surface area contributed by atoms with E-state index < -0.39 is 0 Å². The van der Waals surface area contributed by atoms with Crippen LogP contribution in [0.5, 0.6) is 0 Å². The number of carbonyl (C=O) groups is 1. The number of nitrogens with zero attached hydrogens (tertiary/aromatic N) is 7. The molecule has 4 aromatic rings. The van der Waals surface area contributed by atoms with Crippen LogP contribution in [0.25, 0.3) is 16.6 Å². The highest BCUT2D eigenvalue weighted by molar-refractivity contribution is 5.77. The van der Waals surface area contributed by atoms with Gasteiger partial charge in [-0.15, -0.1) is 0 Å². The molecule has 0 saturated carbocycles. The fraction of sp³-hybridized carbons (Fsp3) is 0.304. The lowest BCUT2D eigenvalue weighted by Crippen LogP contribution is -2.51. The van der Waals surface area contributed by atoms with Crippen molar-refractivity contribution in [1.82, 2.24) is 34.6 Å². The van der Waals surface area contributed by atoms with Crippen LogP contribution in [0, 0.1) is 6.92 Å². The van der Waals surface area contributed by atoms with Gasteiger partial charge < -0.3 is 15.1 Å². The number of piperazine rings is 1. The minimum absolute atomic E-state index is 0.0481.